The molecule has 1 aromatic heterocycles. The van der Waals surface area contributed by atoms with Crippen LogP contribution in [-0.4, -0.2) is 30.5 Å². The maximum atomic E-state index is 5.99. The van der Waals surface area contributed by atoms with Crippen LogP contribution >= 0.6 is 0 Å². The summed E-state index contributed by atoms with van der Waals surface area (Å²) >= 11 is 0. The van der Waals surface area contributed by atoms with Gasteiger partial charge < -0.3 is 14.0 Å². The number of fused-ring (bicyclic) bond motifs is 4. The Balaban J connectivity index is 1.87. The lowest BCUT2D eigenvalue weighted by molar-refractivity contribution is 0.0485. The minimum atomic E-state index is 0.00912. The molecule has 1 aromatic carbocycles. The number of rotatable bonds is 2. The molecule has 5 rings (SSSR count). The van der Waals surface area contributed by atoms with Crippen LogP contribution in [0.15, 0.2) is 48.7 Å². The van der Waals surface area contributed by atoms with E-state index in [4.69, 9.17) is 9.47 Å². The van der Waals surface area contributed by atoms with Crippen LogP contribution in [0.4, 0.5) is 0 Å². The van der Waals surface area contributed by atoms with E-state index in [0.717, 1.165) is 13.0 Å². The second kappa shape index (κ2) is 4.34. The lowest BCUT2D eigenvalue weighted by atomic mass is 9.69. The first-order valence-electron chi connectivity index (χ1n) is 7.96. The molecule has 4 atom stereocenters. The second-order valence-corrected chi connectivity index (χ2v) is 6.40. The largest absolute Gasteiger partial charge is 0.374 e. The molecule has 2 aromatic rings. The fourth-order valence-corrected chi connectivity index (χ4v) is 4.65. The van der Waals surface area contributed by atoms with Crippen molar-refractivity contribution in [3.05, 3.63) is 54.3 Å². The third-order valence-electron chi connectivity index (χ3n) is 5.54. The van der Waals surface area contributed by atoms with Gasteiger partial charge in [0.2, 0.25) is 0 Å². The van der Waals surface area contributed by atoms with Crippen molar-refractivity contribution in [1.82, 2.24) is 4.57 Å². The van der Waals surface area contributed by atoms with Gasteiger partial charge in [0, 0.05) is 36.8 Å². The molecule has 0 spiro atoms. The Labute approximate surface area is 129 Å². The molecule has 22 heavy (non-hydrogen) atoms. The summed E-state index contributed by atoms with van der Waals surface area (Å²) in [6.45, 7) is 4.92. The van der Waals surface area contributed by atoms with E-state index >= 15 is 0 Å². The first-order chi connectivity index (χ1) is 10.8. The van der Waals surface area contributed by atoms with Crippen LogP contribution in [0.2, 0.25) is 0 Å². The van der Waals surface area contributed by atoms with E-state index in [9.17, 15) is 0 Å². The molecule has 0 unspecified atom stereocenters. The van der Waals surface area contributed by atoms with Crippen molar-refractivity contribution in [3.63, 3.8) is 0 Å². The van der Waals surface area contributed by atoms with Crippen molar-refractivity contribution in [2.75, 3.05) is 13.7 Å². The van der Waals surface area contributed by atoms with Crippen molar-refractivity contribution in [2.24, 2.45) is 5.92 Å². The molecule has 0 bridgehead atoms. The van der Waals surface area contributed by atoms with E-state index in [2.05, 4.69) is 41.6 Å². The molecule has 0 radical (unpaired) electrons. The SMILES string of the molecule is C=C[C@@H]1[C@H](OC)C2=C(c3cccc4ccn1c34)[C@H]1CCO[C@@H]21. The highest BCUT2D eigenvalue weighted by atomic mass is 16.5. The third kappa shape index (κ3) is 1.34. The zero-order valence-electron chi connectivity index (χ0n) is 12.7. The first kappa shape index (κ1) is 12.7. The molecule has 1 saturated heterocycles. The highest BCUT2D eigenvalue weighted by Crippen LogP contribution is 2.55. The van der Waals surface area contributed by atoms with E-state index in [-0.39, 0.29) is 18.2 Å². The molecule has 0 saturated carbocycles. The summed E-state index contributed by atoms with van der Waals surface area (Å²) in [6.07, 6.45) is 5.53. The van der Waals surface area contributed by atoms with Gasteiger partial charge in [-0.15, -0.1) is 6.58 Å². The van der Waals surface area contributed by atoms with Crippen LogP contribution < -0.4 is 0 Å². The van der Waals surface area contributed by atoms with Gasteiger partial charge in [0.15, 0.2) is 0 Å². The Kier molecular flexibility index (Phi) is 2.50. The number of nitrogens with zero attached hydrogens (tertiary/aromatic N) is 1. The van der Waals surface area contributed by atoms with Crippen LogP contribution in [0.1, 0.15) is 18.0 Å². The third-order valence-corrected chi connectivity index (χ3v) is 5.54. The zero-order chi connectivity index (χ0) is 14.8. The number of ether oxygens (including phenoxy) is 2. The fourth-order valence-electron chi connectivity index (χ4n) is 4.65. The van der Waals surface area contributed by atoms with Crippen LogP contribution in [0.25, 0.3) is 16.5 Å². The second-order valence-electron chi connectivity index (χ2n) is 6.40. The maximum absolute atomic E-state index is 5.99. The van der Waals surface area contributed by atoms with Gasteiger partial charge in [-0.3, -0.25) is 0 Å². The van der Waals surface area contributed by atoms with Gasteiger partial charge in [0.25, 0.3) is 0 Å². The standard InChI is InChI=1S/C19H19NO2/c1-3-14-19(21-2)16-15(13-8-10-22-18(13)16)12-6-4-5-11-7-9-20(14)17(11)12/h3-7,9,13-14,18-19H,1,8,10H2,2H3/t13-,14-,18-,19+/m1/s1. The average Bonchev–Trinajstić information content (AvgIpc) is 3.10. The fraction of sp³-hybridized carbons (Fsp3) is 0.368. The van der Waals surface area contributed by atoms with Gasteiger partial charge in [-0.25, -0.2) is 0 Å². The summed E-state index contributed by atoms with van der Waals surface area (Å²) in [5.74, 6) is 0.533. The lowest BCUT2D eigenvalue weighted by Gasteiger charge is -2.40. The quantitative estimate of drug-likeness (QED) is 0.790. The Morgan fingerprint density at radius 1 is 1.36 bits per heavy atom. The monoisotopic (exact) mass is 293 g/mol. The molecular weight excluding hydrogens is 274 g/mol. The number of aromatic nitrogens is 1. The van der Waals surface area contributed by atoms with Gasteiger partial charge in [-0.1, -0.05) is 24.3 Å². The van der Waals surface area contributed by atoms with Gasteiger partial charge in [-0.05, 0) is 23.6 Å². The lowest BCUT2D eigenvalue weighted by Crippen LogP contribution is -2.40. The van der Waals surface area contributed by atoms with Gasteiger partial charge in [-0.2, -0.15) is 0 Å². The van der Waals surface area contributed by atoms with Crippen molar-refractivity contribution >= 4 is 16.5 Å². The van der Waals surface area contributed by atoms with Gasteiger partial charge in [0.1, 0.15) is 6.10 Å². The van der Waals surface area contributed by atoms with E-state index in [1.54, 1.807) is 7.11 Å². The normalized spacial score (nSPS) is 32.4. The summed E-state index contributed by atoms with van der Waals surface area (Å²) in [5, 5.41) is 1.29. The number of methoxy groups -OCH3 is 1. The van der Waals surface area contributed by atoms with Gasteiger partial charge in [0.05, 0.1) is 17.7 Å². The molecule has 0 amide bonds. The highest BCUT2D eigenvalue weighted by Gasteiger charge is 2.51. The van der Waals surface area contributed by atoms with Crippen molar-refractivity contribution in [1.29, 1.82) is 0 Å². The average molecular weight is 293 g/mol. The topological polar surface area (TPSA) is 23.4 Å². The molecule has 2 aliphatic heterocycles. The summed E-state index contributed by atoms with van der Waals surface area (Å²) in [5.41, 5.74) is 5.47. The number of benzene rings is 1. The maximum Gasteiger partial charge on any atom is 0.105 e. The number of hydrogen-bond acceptors (Lipinski definition) is 2. The van der Waals surface area contributed by atoms with E-state index in [1.807, 2.05) is 6.08 Å². The summed E-state index contributed by atoms with van der Waals surface area (Å²) in [4.78, 5) is 0. The first-order valence-corrected chi connectivity index (χ1v) is 7.96. The summed E-state index contributed by atoms with van der Waals surface area (Å²) in [7, 11) is 1.80. The molecule has 3 heteroatoms. The van der Waals surface area contributed by atoms with Crippen LogP contribution in [0.3, 0.4) is 0 Å². The minimum Gasteiger partial charge on any atom is -0.374 e. The molecule has 3 aliphatic rings. The van der Waals surface area contributed by atoms with Crippen LogP contribution in [0.5, 0.6) is 0 Å². The molecule has 3 heterocycles. The zero-order valence-corrected chi connectivity index (χ0v) is 12.7. The number of para-hydroxylation sites is 1. The molecule has 1 fully saturated rings. The van der Waals surface area contributed by atoms with Crippen molar-refractivity contribution < 1.29 is 9.47 Å². The van der Waals surface area contributed by atoms with Crippen LogP contribution in [0, 0.1) is 5.92 Å². The van der Waals surface area contributed by atoms with Crippen LogP contribution in [-0.2, 0) is 9.47 Å². The van der Waals surface area contributed by atoms with E-state index < -0.39 is 0 Å². The smallest absolute Gasteiger partial charge is 0.105 e. The Morgan fingerprint density at radius 3 is 3.09 bits per heavy atom. The molecule has 1 aliphatic carbocycles. The molecule has 0 N–H and O–H groups in total. The summed E-state index contributed by atoms with van der Waals surface area (Å²) < 4.78 is 14.2. The molecule has 3 nitrogen and oxygen atoms in total. The molecule has 112 valence electrons. The Hall–Kier alpha value is -1.84. The van der Waals surface area contributed by atoms with E-state index in [1.165, 1.54) is 27.6 Å². The molecular formula is C19H19NO2. The minimum absolute atomic E-state index is 0.00912. The van der Waals surface area contributed by atoms with Gasteiger partial charge >= 0.3 is 0 Å². The Bertz CT molecular complexity index is 816. The van der Waals surface area contributed by atoms with Crippen molar-refractivity contribution in [3.8, 4) is 0 Å². The van der Waals surface area contributed by atoms with Crippen molar-refractivity contribution in [2.45, 2.75) is 24.7 Å². The summed E-state index contributed by atoms with van der Waals surface area (Å²) in [6, 6.07) is 8.90. The predicted molar refractivity (Wildman–Crippen MR) is 86.7 cm³/mol. The Morgan fingerprint density at radius 2 is 2.27 bits per heavy atom. The number of hydrogen-bond donors (Lipinski definition) is 0. The van der Waals surface area contributed by atoms with E-state index in [0.29, 0.717) is 5.92 Å². The predicted octanol–water partition coefficient (Wildman–Crippen LogP) is 3.57. The highest BCUT2D eigenvalue weighted by molar-refractivity contribution is 5.96.